The van der Waals surface area contributed by atoms with Crippen LogP contribution in [0.5, 0.6) is 0 Å². The first-order valence-electron chi connectivity index (χ1n) is 6.62. The molecule has 23 heavy (non-hydrogen) atoms. The van der Waals surface area contributed by atoms with Crippen LogP contribution in [0.1, 0.15) is 24.6 Å². The summed E-state index contributed by atoms with van der Waals surface area (Å²) < 4.78 is 11.4. The van der Waals surface area contributed by atoms with E-state index >= 15 is 0 Å². The molecule has 2 rings (SSSR count). The third-order valence-electron chi connectivity index (χ3n) is 3.28. The number of H-pyrrole nitrogens is 1. The van der Waals surface area contributed by atoms with Gasteiger partial charge in [0.1, 0.15) is 11.8 Å². The Hall–Kier alpha value is -2.03. The van der Waals surface area contributed by atoms with Crippen molar-refractivity contribution in [3.63, 3.8) is 0 Å². The molecule has 0 aromatic carbocycles. The van der Waals surface area contributed by atoms with Gasteiger partial charge < -0.3 is 25.4 Å². The van der Waals surface area contributed by atoms with Gasteiger partial charge in [-0.15, -0.1) is 6.42 Å². The van der Waals surface area contributed by atoms with Crippen molar-refractivity contribution in [3.8, 4) is 12.3 Å². The Labute approximate surface area is 135 Å². The van der Waals surface area contributed by atoms with Gasteiger partial charge in [0.15, 0.2) is 10.9 Å². The molecule has 2 unspecified atom stereocenters. The number of nitrogens with two attached hydrogens (primary N) is 1. The average molecular weight is 341 g/mol. The maximum atomic E-state index is 11.5. The van der Waals surface area contributed by atoms with Crippen molar-refractivity contribution in [1.29, 1.82) is 0 Å². The summed E-state index contributed by atoms with van der Waals surface area (Å²) in [4.78, 5) is 25.1. The van der Waals surface area contributed by atoms with Crippen molar-refractivity contribution in [2.75, 3.05) is 6.54 Å². The SMILES string of the molecule is C#Cc1cn(C2CCC(C(O)(O)OC(=O)CN)O2)c(=S)[nH]c1=O. The molecule has 2 atom stereocenters. The van der Waals surface area contributed by atoms with E-state index in [1.807, 2.05) is 0 Å². The van der Waals surface area contributed by atoms with Crippen LogP contribution in [-0.4, -0.2) is 44.4 Å². The number of aromatic nitrogens is 2. The van der Waals surface area contributed by atoms with Crippen molar-refractivity contribution in [1.82, 2.24) is 9.55 Å². The molecular formula is C13H15N3O6S. The minimum absolute atomic E-state index is 0.0551. The molecule has 1 fully saturated rings. The van der Waals surface area contributed by atoms with Gasteiger partial charge in [-0.25, -0.2) is 0 Å². The molecule has 9 nitrogen and oxygen atoms in total. The highest BCUT2D eigenvalue weighted by atomic mass is 32.1. The largest absolute Gasteiger partial charge is 0.405 e. The fraction of sp³-hybridized carbons (Fsp3) is 0.462. The minimum Gasteiger partial charge on any atom is -0.405 e. The number of rotatable bonds is 4. The van der Waals surface area contributed by atoms with Crippen LogP contribution in [0.3, 0.4) is 0 Å². The summed E-state index contributed by atoms with van der Waals surface area (Å²) in [7, 11) is 0. The van der Waals surface area contributed by atoms with E-state index in [0.717, 1.165) is 0 Å². The number of ether oxygens (including phenoxy) is 2. The number of nitrogens with zero attached hydrogens (tertiary/aromatic N) is 1. The Morgan fingerprint density at radius 1 is 1.65 bits per heavy atom. The van der Waals surface area contributed by atoms with Crippen LogP contribution in [0.2, 0.25) is 0 Å². The maximum absolute atomic E-state index is 11.5. The van der Waals surface area contributed by atoms with E-state index in [9.17, 15) is 19.8 Å². The molecule has 1 aromatic rings. The van der Waals surface area contributed by atoms with Crippen molar-refractivity contribution < 1.29 is 24.5 Å². The second kappa shape index (κ2) is 6.61. The highest BCUT2D eigenvalue weighted by Crippen LogP contribution is 2.33. The van der Waals surface area contributed by atoms with E-state index in [0.29, 0.717) is 6.42 Å². The predicted octanol–water partition coefficient (Wildman–Crippen LogP) is -1.29. The lowest BCUT2D eigenvalue weighted by Crippen LogP contribution is -2.47. The molecule has 0 aliphatic carbocycles. The van der Waals surface area contributed by atoms with Gasteiger partial charge in [0.05, 0.1) is 6.54 Å². The van der Waals surface area contributed by atoms with Crippen molar-refractivity contribution >= 4 is 18.2 Å². The van der Waals surface area contributed by atoms with Crippen LogP contribution in [-0.2, 0) is 14.3 Å². The molecule has 1 aliphatic heterocycles. The highest BCUT2D eigenvalue weighted by molar-refractivity contribution is 7.71. The molecule has 0 amide bonds. The van der Waals surface area contributed by atoms with Crippen molar-refractivity contribution in [2.24, 2.45) is 5.73 Å². The summed E-state index contributed by atoms with van der Waals surface area (Å²) in [5.41, 5.74) is 4.61. The van der Waals surface area contributed by atoms with Crippen LogP contribution < -0.4 is 11.3 Å². The van der Waals surface area contributed by atoms with Gasteiger partial charge in [-0.05, 0) is 25.1 Å². The number of carbonyl (C=O) groups is 1. The Kier molecular flexibility index (Phi) is 4.98. The first-order chi connectivity index (χ1) is 10.8. The van der Waals surface area contributed by atoms with Crippen molar-refractivity contribution in [2.45, 2.75) is 31.1 Å². The lowest BCUT2D eigenvalue weighted by molar-refractivity contribution is -0.362. The number of hydrogen-bond acceptors (Lipinski definition) is 8. The van der Waals surface area contributed by atoms with Gasteiger partial charge in [-0.1, -0.05) is 5.92 Å². The van der Waals surface area contributed by atoms with Crippen LogP contribution in [0.4, 0.5) is 0 Å². The summed E-state index contributed by atoms with van der Waals surface area (Å²) in [6, 6.07) is 0. The zero-order valence-corrected chi connectivity index (χ0v) is 12.7. The number of esters is 1. The number of terminal acetylenes is 1. The lowest BCUT2D eigenvalue weighted by atomic mass is 10.2. The fourth-order valence-corrected chi connectivity index (χ4v) is 2.44. The summed E-state index contributed by atoms with van der Waals surface area (Å²) in [6.07, 6.45) is 5.17. The normalized spacial score (nSPS) is 21.0. The zero-order valence-electron chi connectivity index (χ0n) is 11.9. The third-order valence-corrected chi connectivity index (χ3v) is 3.59. The van der Waals surface area contributed by atoms with E-state index < -0.39 is 36.4 Å². The highest BCUT2D eigenvalue weighted by Gasteiger charge is 2.45. The van der Waals surface area contributed by atoms with Gasteiger partial charge in [-0.3, -0.25) is 19.1 Å². The van der Waals surface area contributed by atoms with E-state index in [1.54, 1.807) is 0 Å². The molecule has 0 spiro atoms. The molecule has 2 heterocycles. The standard InChI is InChI=1S/C13H15N3O6S/c1-2-7-6-16(12(23)15-11(7)18)9-4-3-8(21-9)13(19,20)22-10(17)5-14/h1,6,8-9,19-20H,3-5,14H2,(H,15,18,23). The minimum atomic E-state index is -2.81. The number of aliphatic hydroxyl groups is 2. The average Bonchev–Trinajstić information content (AvgIpc) is 2.97. The first kappa shape index (κ1) is 17.3. The van der Waals surface area contributed by atoms with Crippen LogP contribution in [0.15, 0.2) is 11.0 Å². The summed E-state index contributed by atoms with van der Waals surface area (Å²) in [5, 5.41) is 19.6. The number of carbonyl (C=O) groups excluding carboxylic acids is 1. The van der Waals surface area contributed by atoms with Gasteiger partial charge in [0.2, 0.25) is 0 Å². The molecule has 10 heteroatoms. The Morgan fingerprint density at radius 3 is 2.96 bits per heavy atom. The topological polar surface area (TPSA) is 140 Å². The molecule has 5 N–H and O–H groups in total. The van der Waals surface area contributed by atoms with E-state index in [-0.39, 0.29) is 16.8 Å². The molecule has 1 aliphatic rings. The fourth-order valence-electron chi connectivity index (χ4n) is 2.18. The van der Waals surface area contributed by atoms with Gasteiger partial charge in [0.25, 0.3) is 5.56 Å². The Balaban J connectivity index is 2.21. The number of nitrogens with one attached hydrogen (secondary N) is 1. The molecule has 0 saturated carbocycles. The zero-order chi connectivity index (χ0) is 17.2. The predicted molar refractivity (Wildman–Crippen MR) is 79.3 cm³/mol. The quantitative estimate of drug-likeness (QED) is 0.229. The molecule has 0 bridgehead atoms. The smallest absolute Gasteiger partial charge is 0.352 e. The van der Waals surface area contributed by atoms with Gasteiger partial charge >= 0.3 is 11.9 Å². The van der Waals surface area contributed by atoms with Crippen LogP contribution in [0.25, 0.3) is 0 Å². The second-order valence-electron chi connectivity index (χ2n) is 4.85. The molecule has 1 aromatic heterocycles. The van der Waals surface area contributed by atoms with Crippen LogP contribution in [0, 0.1) is 17.1 Å². The molecular weight excluding hydrogens is 326 g/mol. The first-order valence-corrected chi connectivity index (χ1v) is 7.03. The second-order valence-corrected chi connectivity index (χ2v) is 5.23. The lowest BCUT2D eigenvalue weighted by Gasteiger charge is -2.27. The van der Waals surface area contributed by atoms with E-state index in [1.165, 1.54) is 10.8 Å². The third kappa shape index (κ3) is 3.66. The molecule has 124 valence electrons. The number of aromatic amines is 1. The summed E-state index contributed by atoms with van der Waals surface area (Å²) in [5.74, 6) is -1.59. The Morgan fingerprint density at radius 2 is 2.35 bits per heavy atom. The number of hydrogen-bond donors (Lipinski definition) is 4. The monoisotopic (exact) mass is 341 g/mol. The van der Waals surface area contributed by atoms with Crippen molar-refractivity contribution in [3.05, 3.63) is 26.9 Å². The maximum Gasteiger partial charge on any atom is 0.352 e. The Bertz CT molecular complexity index is 762. The summed E-state index contributed by atoms with van der Waals surface area (Å²) in [6.45, 7) is -0.504. The van der Waals surface area contributed by atoms with Crippen LogP contribution >= 0.6 is 12.2 Å². The molecule has 1 saturated heterocycles. The van der Waals surface area contributed by atoms with Gasteiger partial charge in [-0.2, -0.15) is 0 Å². The van der Waals surface area contributed by atoms with E-state index in [4.69, 9.17) is 29.1 Å². The molecule has 0 radical (unpaired) electrons. The summed E-state index contributed by atoms with van der Waals surface area (Å²) >= 11 is 5.04. The van der Waals surface area contributed by atoms with E-state index in [2.05, 4.69) is 15.6 Å². The van der Waals surface area contributed by atoms with Gasteiger partial charge in [0, 0.05) is 6.20 Å².